The molecular formula is C11H11F3. The van der Waals surface area contributed by atoms with Gasteiger partial charge in [-0.2, -0.15) is 13.2 Å². The Morgan fingerprint density at radius 3 is 2.50 bits per heavy atom. The van der Waals surface area contributed by atoms with Crippen molar-refractivity contribution in [3.05, 3.63) is 42.0 Å². The van der Waals surface area contributed by atoms with Gasteiger partial charge in [-0.05, 0) is 18.1 Å². The van der Waals surface area contributed by atoms with E-state index >= 15 is 0 Å². The van der Waals surface area contributed by atoms with Gasteiger partial charge in [-0.3, -0.25) is 0 Å². The molecule has 0 unspecified atom stereocenters. The van der Waals surface area contributed by atoms with Crippen LogP contribution < -0.4 is 0 Å². The maximum absolute atomic E-state index is 12.0. The van der Waals surface area contributed by atoms with Crippen LogP contribution in [0, 0.1) is 6.92 Å². The molecule has 0 spiro atoms. The van der Waals surface area contributed by atoms with Crippen molar-refractivity contribution in [2.75, 3.05) is 0 Å². The van der Waals surface area contributed by atoms with Crippen LogP contribution in [0.15, 0.2) is 30.8 Å². The second-order valence-electron chi connectivity index (χ2n) is 3.26. The Kier molecular flexibility index (Phi) is 2.99. The van der Waals surface area contributed by atoms with Gasteiger partial charge in [0.05, 0.1) is 6.42 Å². The summed E-state index contributed by atoms with van der Waals surface area (Å²) in [5.74, 6) is 0. The molecule has 76 valence electrons. The van der Waals surface area contributed by atoms with E-state index < -0.39 is 12.6 Å². The number of alkyl halides is 3. The molecule has 14 heavy (non-hydrogen) atoms. The average molecular weight is 200 g/mol. The van der Waals surface area contributed by atoms with E-state index in [1.165, 1.54) is 0 Å². The van der Waals surface area contributed by atoms with E-state index in [-0.39, 0.29) is 5.57 Å². The third kappa shape index (κ3) is 3.24. The van der Waals surface area contributed by atoms with Gasteiger partial charge in [0.2, 0.25) is 0 Å². The van der Waals surface area contributed by atoms with Crippen molar-refractivity contribution in [3.63, 3.8) is 0 Å². The lowest BCUT2D eigenvalue weighted by molar-refractivity contribution is -0.122. The van der Waals surface area contributed by atoms with E-state index in [2.05, 4.69) is 6.58 Å². The van der Waals surface area contributed by atoms with Gasteiger partial charge in [0, 0.05) is 0 Å². The maximum atomic E-state index is 12.0. The van der Waals surface area contributed by atoms with Gasteiger partial charge in [-0.15, -0.1) is 0 Å². The molecule has 0 amide bonds. The van der Waals surface area contributed by atoms with Crippen LogP contribution >= 0.6 is 0 Å². The van der Waals surface area contributed by atoms with Crippen LogP contribution in [-0.4, -0.2) is 6.18 Å². The van der Waals surface area contributed by atoms with E-state index in [1.807, 2.05) is 13.0 Å². The first kappa shape index (κ1) is 10.8. The van der Waals surface area contributed by atoms with E-state index in [9.17, 15) is 13.2 Å². The van der Waals surface area contributed by atoms with Crippen molar-refractivity contribution in [2.45, 2.75) is 19.5 Å². The predicted molar refractivity (Wildman–Crippen MR) is 50.9 cm³/mol. The molecule has 0 nitrogen and oxygen atoms in total. The molecule has 0 saturated carbocycles. The zero-order valence-electron chi connectivity index (χ0n) is 7.86. The summed E-state index contributed by atoms with van der Waals surface area (Å²) >= 11 is 0. The minimum atomic E-state index is -4.18. The summed E-state index contributed by atoms with van der Waals surface area (Å²) in [6.45, 7) is 5.27. The summed E-state index contributed by atoms with van der Waals surface area (Å²) in [5, 5.41) is 0. The number of halogens is 3. The number of benzene rings is 1. The van der Waals surface area contributed by atoms with Gasteiger partial charge in [-0.25, -0.2) is 0 Å². The van der Waals surface area contributed by atoms with Crippen LogP contribution in [0.5, 0.6) is 0 Å². The molecule has 0 aliphatic carbocycles. The summed E-state index contributed by atoms with van der Waals surface area (Å²) < 4.78 is 36.1. The van der Waals surface area contributed by atoms with Crippen LogP contribution in [-0.2, 0) is 0 Å². The van der Waals surface area contributed by atoms with Crippen LogP contribution in [0.2, 0.25) is 0 Å². The summed E-state index contributed by atoms with van der Waals surface area (Å²) in [6, 6.07) is 6.91. The van der Waals surface area contributed by atoms with Crippen LogP contribution in [0.1, 0.15) is 17.5 Å². The summed E-state index contributed by atoms with van der Waals surface area (Å²) in [6.07, 6.45) is -5.13. The number of allylic oxidation sites excluding steroid dienone is 1. The molecule has 0 atom stereocenters. The van der Waals surface area contributed by atoms with E-state index in [0.717, 1.165) is 5.56 Å². The minimum Gasteiger partial charge on any atom is -0.171 e. The van der Waals surface area contributed by atoms with Crippen LogP contribution in [0.4, 0.5) is 13.2 Å². The number of aryl methyl sites for hydroxylation is 1. The quantitative estimate of drug-likeness (QED) is 0.677. The largest absolute Gasteiger partial charge is 0.393 e. The molecule has 0 aromatic heterocycles. The minimum absolute atomic E-state index is 0.112. The normalized spacial score (nSPS) is 11.4. The number of hydrogen-bond acceptors (Lipinski definition) is 0. The zero-order chi connectivity index (χ0) is 10.8. The average Bonchev–Trinajstić information content (AvgIpc) is 2.01. The summed E-state index contributed by atoms with van der Waals surface area (Å²) in [5.41, 5.74) is 1.61. The van der Waals surface area contributed by atoms with Crippen LogP contribution in [0.25, 0.3) is 5.57 Å². The monoisotopic (exact) mass is 200 g/mol. The summed E-state index contributed by atoms with van der Waals surface area (Å²) in [7, 11) is 0. The summed E-state index contributed by atoms with van der Waals surface area (Å²) in [4.78, 5) is 0. The second-order valence-corrected chi connectivity index (χ2v) is 3.26. The lowest BCUT2D eigenvalue weighted by Gasteiger charge is -2.09. The van der Waals surface area contributed by atoms with E-state index in [0.29, 0.717) is 5.56 Å². The molecule has 1 aromatic rings. The van der Waals surface area contributed by atoms with Gasteiger partial charge < -0.3 is 0 Å². The Hall–Kier alpha value is -1.25. The third-order valence-electron chi connectivity index (χ3n) is 1.84. The Balaban J connectivity index is 2.80. The Morgan fingerprint density at radius 1 is 1.36 bits per heavy atom. The van der Waals surface area contributed by atoms with Crippen molar-refractivity contribution < 1.29 is 13.2 Å². The third-order valence-corrected chi connectivity index (χ3v) is 1.84. The second kappa shape index (κ2) is 3.86. The van der Waals surface area contributed by atoms with Gasteiger partial charge in [0.1, 0.15) is 0 Å². The van der Waals surface area contributed by atoms with Crippen molar-refractivity contribution in [2.24, 2.45) is 0 Å². The molecular weight excluding hydrogens is 189 g/mol. The highest BCUT2D eigenvalue weighted by atomic mass is 19.4. The zero-order valence-corrected chi connectivity index (χ0v) is 7.86. The van der Waals surface area contributed by atoms with Crippen molar-refractivity contribution in [1.82, 2.24) is 0 Å². The fraction of sp³-hybridized carbons (Fsp3) is 0.273. The van der Waals surface area contributed by atoms with Crippen molar-refractivity contribution in [3.8, 4) is 0 Å². The first-order valence-electron chi connectivity index (χ1n) is 4.20. The fourth-order valence-electron chi connectivity index (χ4n) is 1.21. The van der Waals surface area contributed by atoms with E-state index in [1.54, 1.807) is 18.2 Å². The van der Waals surface area contributed by atoms with Gasteiger partial charge >= 0.3 is 6.18 Å². The molecule has 1 aromatic carbocycles. The first-order valence-corrected chi connectivity index (χ1v) is 4.20. The van der Waals surface area contributed by atoms with Gasteiger partial charge in [0.25, 0.3) is 0 Å². The van der Waals surface area contributed by atoms with Gasteiger partial charge in [-0.1, -0.05) is 36.4 Å². The van der Waals surface area contributed by atoms with Crippen molar-refractivity contribution in [1.29, 1.82) is 0 Å². The molecule has 0 aliphatic rings. The number of hydrogen-bond donors (Lipinski definition) is 0. The topological polar surface area (TPSA) is 0 Å². The predicted octanol–water partition coefficient (Wildman–Crippen LogP) is 3.96. The lowest BCUT2D eigenvalue weighted by Crippen LogP contribution is -2.07. The van der Waals surface area contributed by atoms with Crippen LogP contribution in [0.3, 0.4) is 0 Å². The SMILES string of the molecule is C=C(CC(F)(F)F)c1cccc(C)c1. The molecule has 0 heterocycles. The Bertz CT molecular complexity index is 337. The smallest absolute Gasteiger partial charge is 0.171 e. The number of rotatable bonds is 2. The van der Waals surface area contributed by atoms with Crippen molar-refractivity contribution >= 4 is 5.57 Å². The molecule has 0 radical (unpaired) electrons. The van der Waals surface area contributed by atoms with Gasteiger partial charge in [0.15, 0.2) is 0 Å². The molecule has 1 rings (SSSR count). The van der Waals surface area contributed by atoms with E-state index in [4.69, 9.17) is 0 Å². The molecule has 0 N–H and O–H groups in total. The molecule has 3 heteroatoms. The highest BCUT2D eigenvalue weighted by Crippen LogP contribution is 2.29. The molecule has 0 fully saturated rings. The first-order chi connectivity index (χ1) is 6.38. The lowest BCUT2D eigenvalue weighted by atomic mass is 10.0. The Labute approximate surface area is 81.1 Å². The highest BCUT2D eigenvalue weighted by Gasteiger charge is 2.28. The fourth-order valence-corrected chi connectivity index (χ4v) is 1.21. The Morgan fingerprint density at radius 2 is 2.00 bits per heavy atom. The molecule has 0 bridgehead atoms. The maximum Gasteiger partial charge on any atom is 0.393 e. The molecule has 0 saturated heterocycles. The molecule has 0 aliphatic heterocycles. The standard InChI is InChI=1S/C11H11F3/c1-8-4-3-5-10(6-8)9(2)7-11(12,13)14/h3-6H,2,7H2,1H3. The highest BCUT2D eigenvalue weighted by molar-refractivity contribution is 5.64.